The summed E-state index contributed by atoms with van der Waals surface area (Å²) in [5.41, 5.74) is 8.87. The van der Waals surface area contributed by atoms with Crippen molar-refractivity contribution in [1.82, 2.24) is 15.0 Å². The largest absolute Gasteiger partial charge is 0.343 e. The molecular formula is C26H23N3O. The molecule has 4 heteroatoms. The fraction of sp³-hybridized carbons (Fsp3) is 0.115. The molecule has 0 saturated heterocycles. The summed E-state index contributed by atoms with van der Waals surface area (Å²) in [5, 5.41) is 2.88. The number of nitrogens with zero attached hydrogens (tertiary/aromatic N) is 2. The van der Waals surface area contributed by atoms with Crippen LogP contribution in [0.25, 0.3) is 16.6 Å². The molecule has 0 radical (unpaired) electrons. The van der Waals surface area contributed by atoms with Gasteiger partial charge in [-0.3, -0.25) is 10.2 Å². The Kier molecular flexibility index (Phi) is 4.60. The summed E-state index contributed by atoms with van der Waals surface area (Å²) >= 11 is 0. The average Bonchev–Trinajstić information content (AvgIpc) is 3.38. The Bertz CT molecular complexity index is 1230. The zero-order valence-electron chi connectivity index (χ0n) is 16.8. The maximum atomic E-state index is 12.5. The van der Waals surface area contributed by atoms with Gasteiger partial charge in [-0.25, -0.2) is 5.01 Å². The highest BCUT2D eigenvalue weighted by Gasteiger charge is 2.31. The number of carbonyl (C=O) groups is 1. The van der Waals surface area contributed by atoms with E-state index >= 15 is 0 Å². The minimum Gasteiger partial charge on any atom is -0.343 e. The van der Waals surface area contributed by atoms with Crippen molar-refractivity contribution in [2.75, 3.05) is 0 Å². The first kappa shape index (κ1) is 18.3. The van der Waals surface area contributed by atoms with E-state index in [2.05, 4.69) is 82.9 Å². The standard InChI is InChI=1S/C26H23N3O/c1-19(30)29-26(16-24(27-29)21-12-6-3-7-13-21)23-18-28(17-20-10-4-2-5-11-20)25-15-9-8-14-22(23)25/h2-16,18,26-27H,17H2,1H3/t26-/m0/s1. The van der Waals surface area contributed by atoms with Crippen molar-refractivity contribution in [2.45, 2.75) is 19.5 Å². The molecule has 1 aromatic heterocycles. The summed E-state index contributed by atoms with van der Waals surface area (Å²) in [7, 11) is 0. The molecule has 3 aromatic carbocycles. The van der Waals surface area contributed by atoms with Gasteiger partial charge >= 0.3 is 0 Å². The molecule has 0 unspecified atom stereocenters. The number of fused-ring (bicyclic) bond motifs is 1. The van der Waals surface area contributed by atoms with Crippen LogP contribution >= 0.6 is 0 Å². The maximum absolute atomic E-state index is 12.5. The molecule has 4 nitrogen and oxygen atoms in total. The van der Waals surface area contributed by atoms with E-state index in [0.717, 1.165) is 28.8 Å². The zero-order valence-corrected chi connectivity index (χ0v) is 16.8. The van der Waals surface area contributed by atoms with Gasteiger partial charge in [0.05, 0.1) is 5.70 Å². The van der Waals surface area contributed by atoms with Crippen molar-refractivity contribution in [2.24, 2.45) is 0 Å². The molecule has 0 aliphatic carbocycles. The molecule has 0 saturated carbocycles. The van der Waals surface area contributed by atoms with Gasteiger partial charge in [0.15, 0.2) is 0 Å². The predicted octanol–water partition coefficient (Wildman–Crippen LogP) is 5.14. The molecule has 1 N–H and O–H groups in total. The van der Waals surface area contributed by atoms with Crippen LogP contribution in [0.15, 0.2) is 97.2 Å². The number of hydrazine groups is 1. The number of para-hydroxylation sites is 1. The first-order valence-corrected chi connectivity index (χ1v) is 10.2. The first-order valence-electron chi connectivity index (χ1n) is 10.2. The molecule has 0 bridgehead atoms. The van der Waals surface area contributed by atoms with Crippen molar-refractivity contribution in [3.05, 3.63) is 114 Å². The molecule has 1 aliphatic rings. The molecule has 1 amide bonds. The summed E-state index contributed by atoms with van der Waals surface area (Å²) < 4.78 is 2.27. The van der Waals surface area contributed by atoms with Crippen LogP contribution in [0.5, 0.6) is 0 Å². The smallest absolute Gasteiger partial charge is 0.238 e. The van der Waals surface area contributed by atoms with E-state index in [0.29, 0.717) is 0 Å². The molecule has 1 atom stereocenters. The second kappa shape index (κ2) is 7.56. The zero-order chi connectivity index (χ0) is 20.5. The van der Waals surface area contributed by atoms with Gasteiger partial charge in [0.2, 0.25) is 5.91 Å². The number of aromatic nitrogens is 1. The lowest BCUT2D eigenvalue weighted by molar-refractivity contribution is -0.132. The lowest BCUT2D eigenvalue weighted by Crippen LogP contribution is -2.37. The first-order chi connectivity index (χ1) is 14.7. The SMILES string of the molecule is CC(=O)N1NC(c2ccccc2)=C[C@H]1c1cn(Cc2ccccc2)c2ccccc12. The second-order valence-corrected chi connectivity index (χ2v) is 7.61. The van der Waals surface area contributed by atoms with E-state index in [1.807, 2.05) is 24.3 Å². The highest BCUT2D eigenvalue weighted by molar-refractivity contribution is 5.87. The second-order valence-electron chi connectivity index (χ2n) is 7.61. The number of benzene rings is 3. The molecule has 0 spiro atoms. The molecular weight excluding hydrogens is 370 g/mol. The Balaban J connectivity index is 1.60. The van der Waals surface area contributed by atoms with Crippen LogP contribution in [0.2, 0.25) is 0 Å². The fourth-order valence-electron chi connectivity index (χ4n) is 4.17. The third-order valence-corrected chi connectivity index (χ3v) is 5.60. The summed E-state index contributed by atoms with van der Waals surface area (Å²) in [6.45, 7) is 2.39. The molecule has 1 aliphatic heterocycles. The third-order valence-electron chi connectivity index (χ3n) is 5.60. The molecule has 4 aromatic rings. The van der Waals surface area contributed by atoms with Crippen molar-refractivity contribution in [3.63, 3.8) is 0 Å². The molecule has 5 rings (SSSR count). The number of hydrogen-bond donors (Lipinski definition) is 1. The van der Waals surface area contributed by atoms with Gasteiger partial charge in [-0.05, 0) is 23.3 Å². The Hall–Kier alpha value is -3.79. The Labute approximate surface area is 176 Å². The average molecular weight is 393 g/mol. The predicted molar refractivity (Wildman–Crippen MR) is 120 cm³/mol. The van der Waals surface area contributed by atoms with E-state index < -0.39 is 0 Å². The molecule has 148 valence electrons. The van der Waals surface area contributed by atoms with E-state index in [1.54, 1.807) is 11.9 Å². The monoisotopic (exact) mass is 393 g/mol. The van der Waals surface area contributed by atoms with Crippen molar-refractivity contribution < 1.29 is 4.79 Å². The van der Waals surface area contributed by atoms with Crippen molar-refractivity contribution in [3.8, 4) is 0 Å². The number of hydrogen-bond acceptors (Lipinski definition) is 2. The topological polar surface area (TPSA) is 37.3 Å². The van der Waals surface area contributed by atoms with Crippen LogP contribution < -0.4 is 5.43 Å². The maximum Gasteiger partial charge on any atom is 0.238 e. The fourth-order valence-corrected chi connectivity index (χ4v) is 4.17. The van der Waals surface area contributed by atoms with E-state index in [1.165, 1.54) is 11.1 Å². The van der Waals surface area contributed by atoms with Crippen LogP contribution in [0, 0.1) is 0 Å². The number of nitrogens with one attached hydrogen (secondary N) is 1. The third kappa shape index (κ3) is 3.26. The minimum absolute atomic E-state index is 0.0120. The summed E-state index contributed by atoms with van der Waals surface area (Å²) in [6.07, 6.45) is 4.33. The van der Waals surface area contributed by atoms with Gasteiger partial charge in [-0.15, -0.1) is 0 Å². The Morgan fingerprint density at radius 3 is 2.30 bits per heavy atom. The number of carbonyl (C=O) groups excluding carboxylic acids is 1. The molecule has 30 heavy (non-hydrogen) atoms. The van der Waals surface area contributed by atoms with Crippen LogP contribution in [-0.4, -0.2) is 15.5 Å². The Morgan fingerprint density at radius 1 is 0.900 bits per heavy atom. The summed E-state index contributed by atoms with van der Waals surface area (Å²) in [6, 6.07) is 28.8. The number of rotatable bonds is 4. The van der Waals surface area contributed by atoms with E-state index in [4.69, 9.17) is 0 Å². The molecule has 2 heterocycles. The van der Waals surface area contributed by atoms with Gasteiger partial charge < -0.3 is 4.57 Å². The van der Waals surface area contributed by atoms with Gasteiger partial charge in [0.25, 0.3) is 0 Å². The highest BCUT2D eigenvalue weighted by atomic mass is 16.2. The van der Waals surface area contributed by atoms with Gasteiger partial charge in [0, 0.05) is 36.1 Å². The minimum atomic E-state index is -0.167. The number of amides is 1. The van der Waals surface area contributed by atoms with Crippen LogP contribution in [0.1, 0.15) is 29.7 Å². The van der Waals surface area contributed by atoms with Gasteiger partial charge in [-0.1, -0.05) is 78.9 Å². The van der Waals surface area contributed by atoms with Crippen LogP contribution in [0.4, 0.5) is 0 Å². The Morgan fingerprint density at radius 2 is 1.57 bits per heavy atom. The van der Waals surface area contributed by atoms with Crippen LogP contribution in [-0.2, 0) is 11.3 Å². The van der Waals surface area contributed by atoms with E-state index in [-0.39, 0.29) is 11.9 Å². The highest BCUT2D eigenvalue weighted by Crippen LogP contribution is 2.36. The van der Waals surface area contributed by atoms with Crippen molar-refractivity contribution >= 4 is 22.5 Å². The van der Waals surface area contributed by atoms with Gasteiger partial charge in [-0.2, -0.15) is 0 Å². The van der Waals surface area contributed by atoms with Crippen molar-refractivity contribution in [1.29, 1.82) is 0 Å². The van der Waals surface area contributed by atoms with Gasteiger partial charge in [0.1, 0.15) is 6.04 Å². The quantitative estimate of drug-likeness (QED) is 0.521. The normalized spacial score (nSPS) is 15.8. The molecule has 0 fully saturated rings. The van der Waals surface area contributed by atoms with E-state index in [9.17, 15) is 4.79 Å². The van der Waals surface area contributed by atoms with Crippen LogP contribution in [0.3, 0.4) is 0 Å². The lowest BCUT2D eigenvalue weighted by Gasteiger charge is -2.23. The summed E-state index contributed by atoms with van der Waals surface area (Å²) in [5.74, 6) is -0.0120. The lowest BCUT2D eigenvalue weighted by atomic mass is 10.0. The summed E-state index contributed by atoms with van der Waals surface area (Å²) in [4.78, 5) is 12.5.